The molecular formula is C11H8O3. The van der Waals surface area contributed by atoms with E-state index in [0.29, 0.717) is 0 Å². The molecule has 0 amide bonds. The number of carbonyl (C=O) groups is 1. The van der Waals surface area contributed by atoms with Gasteiger partial charge in [-0.05, 0) is 11.6 Å². The predicted octanol–water partition coefficient (Wildman–Crippen LogP) is 1.61. The summed E-state index contributed by atoms with van der Waals surface area (Å²) in [6.45, 7) is 0. The topological polar surface area (TPSA) is 46.5 Å². The van der Waals surface area contributed by atoms with Gasteiger partial charge in [0.2, 0.25) is 5.60 Å². The zero-order valence-electron chi connectivity index (χ0n) is 7.31. The van der Waals surface area contributed by atoms with E-state index in [1.165, 1.54) is 0 Å². The van der Waals surface area contributed by atoms with Crippen LogP contribution in [0.2, 0.25) is 0 Å². The predicted molar refractivity (Wildman–Crippen MR) is 48.7 cm³/mol. The lowest BCUT2D eigenvalue weighted by molar-refractivity contribution is -0.158. The van der Waals surface area contributed by atoms with Gasteiger partial charge in [-0.2, -0.15) is 0 Å². The summed E-state index contributed by atoms with van der Waals surface area (Å²) in [4.78, 5) is 11.2. The minimum atomic E-state index is -1.22. The van der Waals surface area contributed by atoms with Crippen LogP contribution in [-0.2, 0) is 15.1 Å². The summed E-state index contributed by atoms with van der Waals surface area (Å²) in [7, 11) is 0. The first-order valence-electron chi connectivity index (χ1n) is 4.44. The van der Waals surface area contributed by atoms with Gasteiger partial charge in [0.05, 0.1) is 0 Å². The van der Waals surface area contributed by atoms with Gasteiger partial charge in [0.15, 0.2) is 0 Å². The molecule has 0 saturated heterocycles. The van der Waals surface area contributed by atoms with Crippen LogP contribution < -0.4 is 0 Å². The number of carboxylic acids is 1. The maximum absolute atomic E-state index is 11.2. The van der Waals surface area contributed by atoms with E-state index in [4.69, 9.17) is 9.84 Å². The second kappa shape index (κ2) is 2.25. The van der Waals surface area contributed by atoms with E-state index in [-0.39, 0.29) is 6.10 Å². The average Bonchev–Trinajstić information content (AvgIpc) is 2.75. The lowest BCUT2D eigenvalue weighted by Gasteiger charge is -2.18. The number of ether oxygens (including phenoxy) is 1. The van der Waals surface area contributed by atoms with Gasteiger partial charge in [0.25, 0.3) is 0 Å². The Labute approximate surface area is 80.6 Å². The molecule has 2 heterocycles. The van der Waals surface area contributed by atoms with Crippen molar-refractivity contribution in [3.63, 3.8) is 0 Å². The Morgan fingerprint density at radius 3 is 3.00 bits per heavy atom. The number of fused-ring (bicyclic) bond motifs is 5. The van der Waals surface area contributed by atoms with Crippen LogP contribution in [0.4, 0.5) is 0 Å². The van der Waals surface area contributed by atoms with Gasteiger partial charge in [-0.1, -0.05) is 30.3 Å². The number of aliphatic carboxylic acids is 1. The van der Waals surface area contributed by atoms with Crippen molar-refractivity contribution in [2.24, 2.45) is 0 Å². The standard InChI is InChI=1S/C11H8O3/c12-10(13)11-6-5-9(14-11)7-3-1-2-4-8(7)11/h1-6,9H,(H,12,13). The third-order valence-corrected chi connectivity index (χ3v) is 2.80. The first kappa shape index (κ1) is 7.76. The zero-order chi connectivity index (χ0) is 9.76. The molecule has 2 aliphatic rings. The third kappa shape index (κ3) is 0.692. The Bertz CT molecular complexity index is 450. The molecule has 0 aromatic heterocycles. The number of hydrogen-bond acceptors (Lipinski definition) is 2. The fourth-order valence-corrected chi connectivity index (χ4v) is 2.14. The second-order valence-corrected chi connectivity index (χ2v) is 3.53. The number of rotatable bonds is 1. The van der Waals surface area contributed by atoms with E-state index in [0.717, 1.165) is 11.1 Å². The van der Waals surface area contributed by atoms with Crippen molar-refractivity contribution in [1.29, 1.82) is 0 Å². The highest BCUT2D eigenvalue weighted by molar-refractivity contribution is 5.85. The molecule has 0 aliphatic carbocycles. The smallest absolute Gasteiger partial charge is 0.344 e. The maximum atomic E-state index is 11.2. The summed E-state index contributed by atoms with van der Waals surface area (Å²) in [6.07, 6.45) is 3.25. The van der Waals surface area contributed by atoms with Crippen LogP contribution in [0.15, 0.2) is 36.4 Å². The first-order chi connectivity index (χ1) is 6.74. The molecule has 0 saturated carbocycles. The SMILES string of the molecule is O=C(O)C12C=CC(O1)c1ccccc12. The highest BCUT2D eigenvalue weighted by atomic mass is 16.5. The quantitative estimate of drug-likeness (QED) is 0.681. The van der Waals surface area contributed by atoms with Crippen LogP contribution in [0, 0.1) is 0 Å². The molecule has 14 heavy (non-hydrogen) atoms. The number of carboxylic acid groups (broad SMARTS) is 1. The highest BCUT2D eigenvalue weighted by Crippen LogP contribution is 2.50. The van der Waals surface area contributed by atoms with E-state index in [9.17, 15) is 4.79 Å². The van der Waals surface area contributed by atoms with Crippen LogP contribution in [0.1, 0.15) is 17.2 Å². The lowest BCUT2D eigenvalue weighted by Crippen LogP contribution is -2.31. The van der Waals surface area contributed by atoms with Crippen LogP contribution in [0.3, 0.4) is 0 Å². The van der Waals surface area contributed by atoms with Gasteiger partial charge in [-0.25, -0.2) is 4.79 Å². The molecule has 0 radical (unpaired) electrons. The molecule has 3 heteroatoms. The fraction of sp³-hybridized carbons (Fsp3) is 0.182. The summed E-state index contributed by atoms with van der Waals surface area (Å²) in [5, 5.41) is 9.16. The average molecular weight is 188 g/mol. The van der Waals surface area contributed by atoms with Crippen molar-refractivity contribution in [3.05, 3.63) is 47.5 Å². The maximum Gasteiger partial charge on any atom is 0.344 e. The number of benzene rings is 1. The molecule has 3 nitrogen and oxygen atoms in total. The molecule has 1 N–H and O–H groups in total. The van der Waals surface area contributed by atoms with Crippen molar-refractivity contribution < 1.29 is 14.6 Å². The molecule has 2 bridgehead atoms. The summed E-state index contributed by atoms with van der Waals surface area (Å²) in [5.41, 5.74) is 0.513. The van der Waals surface area contributed by atoms with Gasteiger partial charge in [-0.3, -0.25) is 0 Å². The lowest BCUT2D eigenvalue weighted by atomic mass is 9.87. The van der Waals surface area contributed by atoms with Gasteiger partial charge in [-0.15, -0.1) is 0 Å². The van der Waals surface area contributed by atoms with E-state index >= 15 is 0 Å². The van der Waals surface area contributed by atoms with Crippen molar-refractivity contribution in [3.8, 4) is 0 Å². The summed E-state index contributed by atoms with van der Waals surface area (Å²) >= 11 is 0. The Morgan fingerprint density at radius 2 is 2.21 bits per heavy atom. The first-order valence-corrected chi connectivity index (χ1v) is 4.44. The largest absolute Gasteiger partial charge is 0.479 e. The molecule has 2 atom stereocenters. The fourth-order valence-electron chi connectivity index (χ4n) is 2.14. The Kier molecular flexibility index (Phi) is 1.25. The Balaban J connectivity index is 2.28. The van der Waals surface area contributed by atoms with Gasteiger partial charge in [0.1, 0.15) is 6.10 Å². The molecule has 2 unspecified atom stereocenters. The number of hydrogen-bond donors (Lipinski definition) is 1. The third-order valence-electron chi connectivity index (χ3n) is 2.80. The highest BCUT2D eigenvalue weighted by Gasteiger charge is 2.52. The summed E-state index contributed by atoms with van der Waals surface area (Å²) in [6, 6.07) is 7.45. The zero-order valence-corrected chi connectivity index (χ0v) is 7.31. The van der Waals surface area contributed by atoms with Crippen molar-refractivity contribution >= 4 is 5.97 Å². The molecule has 0 fully saturated rings. The van der Waals surface area contributed by atoms with Crippen molar-refractivity contribution in [2.45, 2.75) is 11.7 Å². The van der Waals surface area contributed by atoms with Crippen LogP contribution in [0.5, 0.6) is 0 Å². The van der Waals surface area contributed by atoms with E-state index in [1.807, 2.05) is 24.3 Å². The van der Waals surface area contributed by atoms with E-state index < -0.39 is 11.6 Å². The van der Waals surface area contributed by atoms with Gasteiger partial charge in [0, 0.05) is 5.56 Å². The monoisotopic (exact) mass is 188 g/mol. The second-order valence-electron chi connectivity index (χ2n) is 3.53. The van der Waals surface area contributed by atoms with Crippen LogP contribution >= 0.6 is 0 Å². The molecule has 1 aromatic rings. The normalized spacial score (nSPS) is 31.9. The molecule has 2 aliphatic heterocycles. The minimum Gasteiger partial charge on any atom is -0.479 e. The summed E-state index contributed by atoms with van der Waals surface area (Å²) in [5.74, 6) is -0.943. The van der Waals surface area contributed by atoms with E-state index in [1.54, 1.807) is 12.2 Å². The minimum absolute atomic E-state index is 0.178. The molecule has 1 aromatic carbocycles. The Hall–Kier alpha value is -1.61. The van der Waals surface area contributed by atoms with Crippen LogP contribution in [0.25, 0.3) is 0 Å². The van der Waals surface area contributed by atoms with Crippen molar-refractivity contribution in [2.75, 3.05) is 0 Å². The van der Waals surface area contributed by atoms with Crippen molar-refractivity contribution in [1.82, 2.24) is 0 Å². The molecule has 3 rings (SSSR count). The summed E-state index contributed by atoms with van der Waals surface area (Å²) < 4.78 is 5.48. The molecular weight excluding hydrogens is 180 g/mol. The Morgan fingerprint density at radius 1 is 1.43 bits per heavy atom. The molecule has 70 valence electrons. The van der Waals surface area contributed by atoms with Gasteiger partial charge >= 0.3 is 5.97 Å². The van der Waals surface area contributed by atoms with E-state index in [2.05, 4.69) is 0 Å². The molecule has 0 spiro atoms. The van der Waals surface area contributed by atoms with Crippen LogP contribution in [-0.4, -0.2) is 11.1 Å². The van der Waals surface area contributed by atoms with Gasteiger partial charge < -0.3 is 9.84 Å².